The fourth-order valence-corrected chi connectivity index (χ4v) is 3.36. The zero-order valence-electron chi connectivity index (χ0n) is 19.9. The lowest BCUT2D eigenvalue weighted by Crippen LogP contribution is -2.13. The van der Waals surface area contributed by atoms with Gasteiger partial charge in [-0.1, -0.05) is 39.0 Å². The lowest BCUT2D eigenvalue weighted by Gasteiger charge is -2.19. The summed E-state index contributed by atoms with van der Waals surface area (Å²) in [5.41, 5.74) is 5.86. The van der Waals surface area contributed by atoms with Gasteiger partial charge in [-0.2, -0.15) is 0 Å². The molecule has 0 aromatic heterocycles. The minimum absolute atomic E-state index is 0.0956. The molecule has 3 aromatic carbocycles. The van der Waals surface area contributed by atoms with Crippen molar-refractivity contribution in [2.75, 3.05) is 11.9 Å². The maximum absolute atomic E-state index is 12.8. The molecule has 0 unspecified atom stereocenters. The smallest absolute Gasteiger partial charge is 0.255 e. The lowest BCUT2D eigenvalue weighted by atomic mass is 9.87. The van der Waals surface area contributed by atoms with Gasteiger partial charge in [0, 0.05) is 16.8 Å². The van der Waals surface area contributed by atoms with Crippen molar-refractivity contribution in [2.24, 2.45) is 0 Å². The monoisotopic (exact) mass is 431 g/mol. The number of benzene rings is 3. The SMILES string of the molecule is CCOc1ccc(C(=O)Nc2ccc(C)c(C)c2)cc1COc1ccc(C(C)(C)C)cc1. The third-order valence-electron chi connectivity index (χ3n) is 5.50. The van der Waals surface area contributed by atoms with E-state index in [-0.39, 0.29) is 11.3 Å². The first-order valence-corrected chi connectivity index (χ1v) is 11.0. The normalized spacial score (nSPS) is 11.2. The number of amides is 1. The summed E-state index contributed by atoms with van der Waals surface area (Å²) in [7, 11) is 0. The summed E-state index contributed by atoms with van der Waals surface area (Å²) in [5.74, 6) is 1.35. The molecule has 0 atom stereocenters. The van der Waals surface area contributed by atoms with Crippen LogP contribution in [0, 0.1) is 13.8 Å². The highest BCUT2D eigenvalue weighted by Gasteiger charge is 2.14. The summed E-state index contributed by atoms with van der Waals surface area (Å²) in [5, 5.41) is 2.98. The molecule has 0 bridgehead atoms. The number of nitrogens with one attached hydrogen (secondary N) is 1. The Bertz CT molecular complexity index is 1080. The van der Waals surface area contributed by atoms with E-state index in [1.54, 1.807) is 6.07 Å². The number of rotatable bonds is 7. The van der Waals surface area contributed by atoms with Crippen molar-refractivity contribution in [3.05, 3.63) is 88.5 Å². The Balaban J connectivity index is 1.76. The summed E-state index contributed by atoms with van der Waals surface area (Å²) in [4.78, 5) is 12.8. The summed E-state index contributed by atoms with van der Waals surface area (Å²) >= 11 is 0. The Morgan fingerprint density at radius 2 is 1.59 bits per heavy atom. The number of anilines is 1. The zero-order chi connectivity index (χ0) is 23.3. The topological polar surface area (TPSA) is 47.6 Å². The van der Waals surface area contributed by atoms with Gasteiger partial charge in [-0.25, -0.2) is 0 Å². The van der Waals surface area contributed by atoms with Crippen molar-refractivity contribution in [2.45, 2.75) is 53.6 Å². The van der Waals surface area contributed by atoms with Gasteiger partial charge in [-0.3, -0.25) is 4.79 Å². The summed E-state index contributed by atoms with van der Waals surface area (Å²) in [6, 6.07) is 19.5. The van der Waals surface area contributed by atoms with Gasteiger partial charge in [-0.05, 0) is 85.3 Å². The van der Waals surface area contributed by atoms with E-state index in [0.29, 0.717) is 18.8 Å². The fraction of sp³-hybridized carbons (Fsp3) is 0.321. The Kier molecular flexibility index (Phi) is 7.24. The number of hydrogen-bond acceptors (Lipinski definition) is 3. The lowest BCUT2D eigenvalue weighted by molar-refractivity contribution is 0.102. The maximum atomic E-state index is 12.8. The van der Waals surface area contributed by atoms with E-state index in [0.717, 1.165) is 28.3 Å². The Labute approximate surface area is 191 Å². The first kappa shape index (κ1) is 23.4. The molecule has 0 aliphatic heterocycles. The first-order valence-electron chi connectivity index (χ1n) is 11.0. The van der Waals surface area contributed by atoms with Crippen LogP contribution < -0.4 is 14.8 Å². The van der Waals surface area contributed by atoms with Gasteiger partial charge in [0.1, 0.15) is 18.1 Å². The van der Waals surface area contributed by atoms with Crippen LogP contribution in [-0.4, -0.2) is 12.5 Å². The number of aryl methyl sites for hydroxylation is 2. The molecule has 3 rings (SSSR count). The van der Waals surface area contributed by atoms with Gasteiger partial charge in [0.25, 0.3) is 5.91 Å². The second-order valence-electron chi connectivity index (χ2n) is 9.07. The van der Waals surface area contributed by atoms with Crippen molar-refractivity contribution in [3.63, 3.8) is 0 Å². The van der Waals surface area contributed by atoms with Gasteiger partial charge in [-0.15, -0.1) is 0 Å². The van der Waals surface area contributed by atoms with Crippen molar-refractivity contribution in [1.82, 2.24) is 0 Å². The maximum Gasteiger partial charge on any atom is 0.255 e. The van der Waals surface area contributed by atoms with E-state index in [9.17, 15) is 4.79 Å². The van der Waals surface area contributed by atoms with Crippen LogP contribution in [0.1, 0.15) is 60.3 Å². The molecule has 1 amide bonds. The Hall–Kier alpha value is -3.27. The fourth-order valence-electron chi connectivity index (χ4n) is 3.36. The third kappa shape index (κ3) is 5.91. The first-order chi connectivity index (χ1) is 15.2. The van der Waals surface area contributed by atoms with Crippen molar-refractivity contribution >= 4 is 11.6 Å². The highest BCUT2D eigenvalue weighted by molar-refractivity contribution is 6.04. The molecular formula is C28H33NO3. The largest absolute Gasteiger partial charge is 0.493 e. The number of ether oxygens (including phenoxy) is 2. The molecule has 168 valence electrons. The van der Waals surface area contributed by atoms with Gasteiger partial charge < -0.3 is 14.8 Å². The second-order valence-corrected chi connectivity index (χ2v) is 9.07. The van der Waals surface area contributed by atoms with Gasteiger partial charge in [0.2, 0.25) is 0 Å². The molecule has 4 heteroatoms. The Morgan fingerprint density at radius 3 is 2.22 bits per heavy atom. The van der Waals surface area contributed by atoms with Crippen molar-refractivity contribution < 1.29 is 14.3 Å². The molecule has 0 radical (unpaired) electrons. The quantitative estimate of drug-likeness (QED) is 0.446. The van der Waals surface area contributed by atoms with E-state index in [1.165, 1.54) is 11.1 Å². The molecule has 4 nitrogen and oxygen atoms in total. The van der Waals surface area contributed by atoms with Crippen molar-refractivity contribution in [1.29, 1.82) is 0 Å². The highest BCUT2D eigenvalue weighted by atomic mass is 16.5. The molecule has 0 heterocycles. The van der Waals surface area contributed by atoms with E-state index in [2.05, 4.69) is 45.1 Å². The molecule has 0 aliphatic carbocycles. The van der Waals surface area contributed by atoms with Crippen molar-refractivity contribution in [3.8, 4) is 11.5 Å². The van der Waals surface area contributed by atoms with E-state index >= 15 is 0 Å². The van der Waals surface area contributed by atoms with Gasteiger partial charge in [0.05, 0.1) is 6.61 Å². The molecular weight excluding hydrogens is 398 g/mol. The molecule has 0 saturated heterocycles. The minimum atomic E-state index is -0.160. The van der Waals surface area contributed by atoms with Crippen LogP contribution in [0.2, 0.25) is 0 Å². The van der Waals surface area contributed by atoms with Crippen LogP contribution in [0.3, 0.4) is 0 Å². The average molecular weight is 432 g/mol. The minimum Gasteiger partial charge on any atom is -0.493 e. The molecule has 32 heavy (non-hydrogen) atoms. The summed E-state index contributed by atoms with van der Waals surface area (Å²) in [6.07, 6.45) is 0. The highest BCUT2D eigenvalue weighted by Crippen LogP contribution is 2.27. The molecule has 1 N–H and O–H groups in total. The molecule has 0 spiro atoms. The summed E-state index contributed by atoms with van der Waals surface area (Å²) < 4.78 is 11.8. The number of hydrogen-bond donors (Lipinski definition) is 1. The molecule has 0 fully saturated rings. The molecule has 0 saturated carbocycles. The number of carbonyl (C=O) groups is 1. The van der Waals surface area contributed by atoms with Gasteiger partial charge in [0.15, 0.2) is 0 Å². The van der Waals surface area contributed by atoms with E-state index in [4.69, 9.17) is 9.47 Å². The Morgan fingerprint density at radius 1 is 0.875 bits per heavy atom. The number of carbonyl (C=O) groups excluding carboxylic acids is 1. The predicted octanol–water partition coefficient (Wildman–Crippen LogP) is 6.83. The van der Waals surface area contributed by atoms with Crippen LogP contribution in [-0.2, 0) is 12.0 Å². The molecule has 3 aromatic rings. The third-order valence-corrected chi connectivity index (χ3v) is 5.50. The summed E-state index contributed by atoms with van der Waals surface area (Å²) in [6.45, 7) is 13.4. The van der Waals surface area contributed by atoms with E-state index in [1.807, 2.05) is 56.3 Å². The van der Waals surface area contributed by atoms with Crippen LogP contribution in [0.5, 0.6) is 11.5 Å². The van der Waals surface area contributed by atoms with Gasteiger partial charge >= 0.3 is 0 Å². The zero-order valence-corrected chi connectivity index (χ0v) is 19.9. The van der Waals surface area contributed by atoms with Crippen LogP contribution in [0.4, 0.5) is 5.69 Å². The van der Waals surface area contributed by atoms with E-state index < -0.39 is 0 Å². The second kappa shape index (κ2) is 9.90. The predicted molar refractivity (Wildman–Crippen MR) is 131 cm³/mol. The van der Waals surface area contributed by atoms with Crippen LogP contribution in [0.15, 0.2) is 60.7 Å². The standard InChI is InChI=1S/C28H33NO3/c1-7-31-26-15-9-21(27(30)29-24-12-8-19(2)20(3)16-24)17-22(26)18-32-25-13-10-23(11-14-25)28(4,5)6/h8-17H,7,18H2,1-6H3,(H,29,30). The van der Waals surface area contributed by atoms with Crippen LogP contribution >= 0.6 is 0 Å². The van der Waals surface area contributed by atoms with Crippen LogP contribution in [0.25, 0.3) is 0 Å². The average Bonchev–Trinajstić information content (AvgIpc) is 2.75. The molecule has 0 aliphatic rings.